The van der Waals surface area contributed by atoms with Crippen LogP contribution in [0.4, 0.5) is 17.1 Å². The van der Waals surface area contributed by atoms with Gasteiger partial charge < -0.3 is 10.8 Å². The van der Waals surface area contributed by atoms with Crippen LogP contribution in [0.2, 0.25) is 0 Å². The van der Waals surface area contributed by atoms with Crippen molar-refractivity contribution in [2.45, 2.75) is 9.79 Å². The molecule has 6 heteroatoms. The predicted molar refractivity (Wildman–Crippen MR) is 95.1 cm³/mol. The summed E-state index contributed by atoms with van der Waals surface area (Å²) in [6.07, 6.45) is 0. The van der Waals surface area contributed by atoms with E-state index in [9.17, 15) is 5.11 Å². The Morgan fingerprint density at radius 2 is 1.73 bits per heavy atom. The van der Waals surface area contributed by atoms with Crippen LogP contribution in [0.15, 0.2) is 68.6 Å². The summed E-state index contributed by atoms with van der Waals surface area (Å²) in [5.41, 5.74) is 7.53. The molecule has 0 saturated heterocycles. The molecule has 0 radical (unpaired) electrons. The molecule has 0 heterocycles. The standard InChI is InChI=1S/C16H13N3OS2/c17-13-5-4-9-6-12(22)8-14(20)15(9)16(13)19-18-10-2-1-3-11(21)7-10/h1-8,20-22H,17H2. The summed E-state index contributed by atoms with van der Waals surface area (Å²) in [4.78, 5) is 1.46. The summed E-state index contributed by atoms with van der Waals surface area (Å²) < 4.78 is 0. The zero-order valence-corrected chi connectivity index (χ0v) is 13.2. The maximum absolute atomic E-state index is 10.2. The minimum Gasteiger partial charge on any atom is -0.507 e. The largest absolute Gasteiger partial charge is 0.507 e. The maximum Gasteiger partial charge on any atom is 0.126 e. The van der Waals surface area contributed by atoms with Gasteiger partial charge in [-0.2, -0.15) is 5.11 Å². The number of nitrogens with zero attached hydrogens (tertiary/aromatic N) is 2. The second kappa shape index (κ2) is 5.90. The van der Waals surface area contributed by atoms with Crippen molar-refractivity contribution in [1.82, 2.24) is 0 Å². The lowest BCUT2D eigenvalue weighted by molar-refractivity contribution is 0.480. The first-order valence-electron chi connectivity index (χ1n) is 6.49. The fourth-order valence-corrected chi connectivity index (χ4v) is 2.68. The molecule has 0 atom stereocenters. The molecule has 0 fully saturated rings. The number of azo groups is 1. The van der Waals surface area contributed by atoms with Gasteiger partial charge in [0.1, 0.15) is 11.4 Å². The third-order valence-electron chi connectivity index (χ3n) is 3.18. The van der Waals surface area contributed by atoms with E-state index in [1.54, 1.807) is 18.2 Å². The van der Waals surface area contributed by atoms with Crippen molar-refractivity contribution in [2.75, 3.05) is 5.73 Å². The SMILES string of the molecule is Nc1ccc2cc(S)cc(O)c2c1N=Nc1cccc(S)c1. The molecule has 0 amide bonds. The first-order chi connectivity index (χ1) is 10.5. The molecule has 0 aromatic heterocycles. The highest BCUT2D eigenvalue weighted by Gasteiger charge is 2.10. The molecule has 3 rings (SSSR count). The Hall–Kier alpha value is -2.18. The minimum absolute atomic E-state index is 0.0756. The average Bonchev–Trinajstić information content (AvgIpc) is 2.46. The molecular formula is C16H13N3OS2. The van der Waals surface area contributed by atoms with Crippen molar-refractivity contribution in [3.05, 3.63) is 48.5 Å². The van der Waals surface area contributed by atoms with E-state index < -0.39 is 0 Å². The molecule has 3 N–H and O–H groups in total. The van der Waals surface area contributed by atoms with Crippen LogP contribution in [0.5, 0.6) is 5.75 Å². The molecule has 0 saturated carbocycles. The number of hydrogen-bond donors (Lipinski definition) is 4. The van der Waals surface area contributed by atoms with Crippen LogP contribution in [0.1, 0.15) is 0 Å². The van der Waals surface area contributed by atoms with Crippen LogP contribution >= 0.6 is 25.3 Å². The summed E-state index contributed by atoms with van der Waals surface area (Å²) in [6, 6.07) is 14.2. The summed E-state index contributed by atoms with van der Waals surface area (Å²) in [5, 5.41) is 19.9. The third-order valence-corrected chi connectivity index (χ3v) is 3.72. The van der Waals surface area contributed by atoms with Gasteiger partial charge in [0.25, 0.3) is 0 Å². The van der Waals surface area contributed by atoms with E-state index in [4.69, 9.17) is 5.73 Å². The minimum atomic E-state index is 0.0756. The molecule has 0 bridgehead atoms. The van der Waals surface area contributed by atoms with Crippen molar-refractivity contribution >= 4 is 53.1 Å². The number of benzene rings is 3. The topological polar surface area (TPSA) is 71.0 Å². The third kappa shape index (κ3) is 2.88. The van der Waals surface area contributed by atoms with Gasteiger partial charge in [-0.3, -0.25) is 0 Å². The number of phenols is 1. The van der Waals surface area contributed by atoms with Crippen molar-refractivity contribution in [3.8, 4) is 5.75 Å². The number of hydrogen-bond acceptors (Lipinski definition) is 6. The quantitative estimate of drug-likeness (QED) is 0.300. The van der Waals surface area contributed by atoms with Crippen LogP contribution in [0, 0.1) is 0 Å². The van der Waals surface area contributed by atoms with E-state index in [1.165, 1.54) is 0 Å². The van der Waals surface area contributed by atoms with Gasteiger partial charge in [0.15, 0.2) is 0 Å². The van der Waals surface area contributed by atoms with E-state index in [0.717, 1.165) is 10.3 Å². The highest BCUT2D eigenvalue weighted by atomic mass is 32.1. The van der Waals surface area contributed by atoms with Crippen LogP contribution in [-0.4, -0.2) is 5.11 Å². The smallest absolute Gasteiger partial charge is 0.126 e. The molecule has 110 valence electrons. The highest BCUT2D eigenvalue weighted by Crippen LogP contribution is 2.40. The number of phenolic OH excluding ortho intramolecular Hbond substituents is 1. The fraction of sp³-hybridized carbons (Fsp3) is 0. The summed E-state index contributed by atoms with van der Waals surface area (Å²) in [6.45, 7) is 0. The van der Waals surface area contributed by atoms with Gasteiger partial charge in [-0.25, -0.2) is 0 Å². The van der Waals surface area contributed by atoms with E-state index in [2.05, 4.69) is 35.5 Å². The second-order valence-corrected chi connectivity index (χ2v) is 5.82. The van der Waals surface area contributed by atoms with Crippen LogP contribution in [0.3, 0.4) is 0 Å². The average molecular weight is 327 g/mol. The lowest BCUT2D eigenvalue weighted by atomic mass is 10.1. The Morgan fingerprint density at radius 3 is 2.50 bits per heavy atom. The van der Waals surface area contributed by atoms with Gasteiger partial charge in [0.2, 0.25) is 0 Å². The lowest BCUT2D eigenvalue weighted by Gasteiger charge is -2.08. The summed E-state index contributed by atoms with van der Waals surface area (Å²) in [7, 11) is 0. The molecule has 0 spiro atoms. The fourth-order valence-electron chi connectivity index (χ4n) is 2.20. The normalized spacial score (nSPS) is 11.4. The van der Waals surface area contributed by atoms with Gasteiger partial charge in [0, 0.05) is 9.79 Å². The van der Waals surface area contributed by atoms with E-state index in [0.29, 0.717) is 27.3 Å². The zero-order valence-electron chi connectivity index (χ0n) is 11.4. The van der Waals surface area contributed by atoms with Crippen LogP contribution in [-0.2, 0) is 0 Å². The molecule has 4 nitrogen and oxygen atoms in total. The Balaban J connectivity index is 2.16. The number of anilines is 1. The van der Waals surface area contributed by atoms with Crippen molar-refractivity contribution in [2.24, 2.45) is 10.2 Å². The molecular weight excluding hydrogens is 314 g/mol. The number of rotatable bonds is 2. The van der Waals surface area contributed by atoms with Crippen molar-refractivity contribution in [1.29, 1.82) is 0 Å². The highest BCUT2D eigenvalue weighted by molar-refractivity contribution is 7.80. The van der Waals surface area contributed by atoms with E-state index in [-0.39, 0.29) is 5.75 Å². The van der Waals surface area contributed by atoms with E-state index in [1.807, 2.05) is 30.3 Å². The second-order valence-electron chi connectivity index (χ2n) is 4.79. The van der Waals surface area contributed by atoms with Gasteiger partial charge in [-0.05, 0) is 41.8 Å². The molecule has 0 aliphatic carbocycles. The number of nitrogen functional groups attached to an aromatic ring is 1. The Labute approximate surface area is 138 Å². The molecule has 0 aliphatic heterocycles. The Kier molecular flexibility index (Phi) is 3.96. The number of fused-ring (bicyclic) bond motifs is 1. The molecule has 0 unspecified atom stereocenters. The Bertz CT molecular complexity index is 894. The van der Waals surface area contributed by atoms with Crippen LogP contribution in [0.25, 0.3) is 10.8 Å². The molecule has 22 heavy (non-hydrogen) atoms. The number of aromatic hydroxyl groups is 1. The Morgan fingerprint density at radius 1 is 0.909 bits per heavy atom. The summed E-state index contributed by atoms with van der Waals surface area (Å²) in [5.74, 6) is 0.0756. The van der Waals surface area contributed by atoms with Gasteiger partial charge in [-0.1, -0.05) is 12.1 Å². The van der Waals surface area contributed by atoms with Gasteiger partial charge >= 0.3 is 0 Å². The molecule has 3 aromatic rings. The first kappa shape index (κ1) is 14.7. The zero-order chi connectivity index (χ0) is 15.7. The summed E-state index contributed by atoms with van der Waals surface area (Å²) >= 11 is 8.52. The van der Waals surface area contributed by atoms with Gasteiger partial charge in [-0.15, -0.1) is 30.4 Å². The molecule has 0 aliphatic rings. The predicted octanol–water partition coefficient (Wildman–Crippen LogP) is 5.12. The van der Waals surface area contributed by atoms with E-state index >= 15 is 0 Å². The van der Waals surface area contributed by atoms with Crippen molar-refractivity contribution < 1.29 is 5.11 Å². The monoisotopic (exact) mass is 327 g/mol. The van der Waals surface area contributed by atoms with Crippen molar-refractivity contribution in [3.63, 3.8) is 0 Å². The lowest BCUT2D eigenvalue weighted by Crippen LogP contribution is -1.87. The van der Waals surface area contributed by atoms with Crippen LogP contribution < -0.4 is 5.73 Å². The molecule has 3 aromatic carbocycles. The van der Waals surface area contributed by atoms with Gasteiger partial charge in [0.05, 0.1) is 16.8 Å². The first-order valence-corrected chi connectivity index (χ1v) is 7.39. The number of nitrogens with two attached hydrogens (primary N) is 1. The maximum atomic E-state index is 10.2. The number of thiol groups is 2.